The maximum Gasteiger partial charge on any atom is 0.136 e. The third-order valence-corrected chi connectivity index (χ3v) is 3.83. The zero-order valence-corrected chi connectivity index (χ0v) is 13.9. The van der Waals surface area contributed by atoms with Crippen LogP contribution in [0, 0.1) is 5.92 Å². The molecule has 0 aliphatic heterocycles. The molecule has 0 unspecified atom stereocenters. The number of rotatable bonds is 4. The molecule has 0 fully saturated rings. The number of para-hydroxylation sites is 1. The van der Waals surface area contributed by atoms with Crippen molar-refractivity contribution in [1.29, 1.82) is 0 Å². The van der Waals surface area contributed by atoms with Crippen LogP contribution < -0.4 is 0 Å². The van der Waals surface area contributed by atoms with Crippen molar-refractivity contribution in [2.75, 3.05) is 0 Å². The van der Waals surface area contributed by atoms with Crippen LogP contribution in [0.1, 0.15) is 66.0 Å². The van der Waals surface area contributed by atoms with E-state index in [1.54, 1.807) is 0 Å². The molecule has 0 amide bonds. The molecule has 0 aromatic heterocycles. The average molecular weight is 276 g/mol. The summed E-state index contributed by atoms with van der Waals surface area (Å²) in [6, 6.07) is 5.86. The predicted octanol–water partition coefficient (Wildman–Crippen LogP) is 4.58. The summed E-state index contributed by atoms with van der Waals surface area (Å²) in [5, 5.41) is 10.6. The van der Waals surface area contributed by atoms with Crippen LogP contribution in [0.2, 0.25) is 0 Å². The fourth-order valence-electron chi connectivity index (χ4n) is 2.43. The number of phenols is 1. The van der Waals surface area contributed by atoms with Crippen molar-refractivity contribution in [3.05, 3.63) is 29.3 Å². The molecule has 0 saturated carbocycles. The van der Waals surface area contributed by atoms with Crippen LogP contribution in [0.15, 0.2) is 18.2 Å². The van der Waals surface area contributed by atoms with E-state index in [0.717, 1.165) is 11.1 Å². The number of Topliss-reactive ketones (excluding diaryl/α,β-unsaturated/α-hetero) is 1. The van der Waals surface area contributed by atoms with E-state index in [0.29, 0.717) is 12.2 Å². The Morgan fingerprint density at radius 2 is 1.60 bits per heavy atom. The van der Waals surface area contributed by atoms with Crippen LogP contribution in [-0.2, 0) is 15.6 Å². The Labute approximate surface area is 123 Å². The molecule has 0 bridgehead atoms. The van der Waals surface area contributed by atoms with Gasteiger partial charge in [-0.25, -0.2) is 0 Å². The van der Waals surface area contributed by atoms with Crippen molar-refractivity contribution in [2.24, 2.45) is 5.92 Å². The minimum Gasteiger partial charge on any atom is -0.507 e. The van der Waals surface area contributed by atoms with Crippen LogP contribution in [0.5, 0.6) is 5.75 Å². The number of aromatic hydroxyl groups is 1. The van der Waals surface area contributed by atoms with Crippen LogP contribution in [0.3, 0.4) is 0 Å². The molecule has 1 aromatic rings. The lowest BCUT2D eigenvalue weighted by Gasteiger charge is -2.29. The van der Waals surface area contributed by atoms with Crippen molar-refractivity contribution in [3.63, 3.8) is 0 Å². The zero-order valence-electron chi connectivity index (χ0n) is 13.9. The fourth-order valence-corrected chi connectivity index (χ4v) is 2.43. The molecule has 0 aliphatic carbocycles. The third kappa shape index (κ3) is 3.62. The molecule has 0 aliphatic rings. The van der Waals surface area contributed by atoms with Gasteiger partial charge in [-0.05, 0) is 11.0 Å². The van der Waals surface area contributed by atoms with E-state index in [4.69, 9.17) is 0 Å². The molecule has 0 spiro atoms. The van der Waals surface area contributed by atoms with E-state index in [1.165, 1.54) is 0 Å². The molecule has 0 saturated heterocycles. The maximum atomic E-state index is 12.0. The SMILES string of the molecule is CC(C)C(=O)CC(C)(C)c1cccc(C(C)(C)C)c1O. The van der Waals surface area contributed by atoms with Crippen molar-refractivity contribution in [3.8, 4) is 5.75 Å². The monoisotopic (exact) mass is 276 g/mol. The molecule has 20 heavy (non-hydrogen) atoms. The minimum atomic E-state index is -0.354. The van der Waals surface area contributed by atoms with Crippen molar-refractivity contribution in [2.45, 2.75) is 65.7 Å². The predicted molar refractivity (Wildman–Crippen MR) is 84.3 cm³/mol. The topological polar surface area (TPSA) is 37.3 Å². The molecule has 0 atom stereocenters. The second-order valence-electron chi connectivity index (χ2n) is 7.63. The van der Waals surface area contributed by atoms with E-state index in [2.05, 4.69) is 20.8 Å². The quantitative estimate of drug-likeness (QED) is 0.873. The Morgan fingerprint density at radius 3 is 2.05 bits per heavy atom. The first-order valence-corrected chi connectivity index (χ1v) is 7.32. The Hall–Kier alpha value is -1.31. The van der Waals surface area contributed by atoms with Crippen LogP contribution in [-0.4, -0.2) is 10.9 Å². The number of carbonyl (C=O) groups is 1. The third-order valence-electron chi connectivity index (χ3n) is 3.83. The molecule has 0 heterocycles. The molecule has 0 radical (unpaired) electrons. The Kier molecular flexibility index (Phi) is 4.68. The summed E-state index contributed by atoms with van der Waals surface area (Å²) >= 11 is 0. The molecule has 1 aromatic carbocycles. The fraction of sp³-hybridized carbons (Fsp3) is 0.611. The Morgan fingerprint density at radius 1 is 1.10 bits per heavy atom. The number of benzene rings is 1. The highest BCUT2D eigenvalue weighted by atomic mass is 16.3. The van der Waals surface area contributed by atoms with E-state index < -0.39 is 0 Å². The lowest BCUT2D eigenvalue weighted by atomic mass is 9.75. The van der Waals surface area contributed by atoms with E-state index in [9.17, 15) is 9.90 Å². The summed E-state index contributed by atoms with van der Waals surface area (Å²) in [7, 11) is 0. The first-order chi connectivity index (χ1) is 8.97. The van der Waals surface area contributed by atoms with Gasteiger partial charge in [-0.1, -0.05) is 66.7 Å². The number of hydrogen-bond acceptors (Lipinski definition) is 2. The van der Waals surface area contributed by atoms with Gasteiger partial charge in [0.1, 0.15) is 11.5 Å². The average Bonchev–Trinajstić information content (AvgIpc) is 2.26. The maximum absolute atomic E-state index is 12.0. The minimum absolute atomic E-state index is 0.0298. The number of ketones is 1. The van der Waals surface area contributed by atoms with E-state index in [1.807, 2.05) is 45.9 Å². The van der Waals surface area contributed by atoms with Gasteiger partial charge < -0.3 is 5.11 Å². The van der Waals surface area contributed by atoms with Gasteiger partial charge in [-0.15, -0.1) is 0 Å². The summed E-state index contributed by atoms with van der Waals surface area (Å²) < 4.78 is 0. The van der Waals surface area contributed by atoms with E-state index in [-0.39, 0.29) is 22.5 Å². The summed E-state index contributed by atoms with van der Waals surface area (Å²) in [5.41, 5.74) is 1.32. The lowest BCUT2D eigenvalue weighted by Crippen LogP contribution is -2.25. The second kappa shape index (κ2) is 5.59. The Bertz CT molecular complexity index is 491. The van der Waals surface area contributed by atoms with Gasteiger partial charge >= 0.3 is 0 Å². The van der Waals surface area contributed by atoms with Crippen molar-refractivity contribution >= 4 is 5.78 Å². The van der Waals surface area contributed by atoms with Gasteiger partial charge in [-0.3, -0.25) is 4.79 Å². The molecular formula is C18H28O2. The van der Waals surface area contributed by atoms with Crippen LogP contribution in [0.4, 0.5) is 0 Å². The van der Waals surface area contributed by atoms with E-state index >= 15 is 0 Å². The van der Waals surface area contributed by atoms with Gasteiger partial charge in [0.15, 0.2) is 0 Å². The highest BCUT2D eigenvalue weighted by molar-refractivity contribution is 5.81. The number of hydrogen-bond donors (Lipinski definition) is 1. The van der Waals surface area contributed by atoms with Gasteiger partial charge in [0.25, 0.3) is 0 Å². The highest BCUT2D eigenvalue weighted by Crippen LogP contribution is 2.40. The molecule has 1 rings (SSSR count). The molecule has 1 N–H and O–H groups in total. The van der Waals surface area contributed by atoms with Gasteiger partial charge in [0.05, 0.1) is 0 Å². The summed E-state index contributed by atoms with van der Waals surface area (Å²) in [6.45, 7) is 14.1. The first kappa shape index (κ1) is 16.7. The van der Waals surface area contributed by atoms with Crippen molar-refractivity contribution < 1.29 is 9.90 Å². The highest BCUT2D eigenvalue weighted by Gasteiger charge is 2.30. The summed E-state index contributed by atoms with van der Waals surface area (Å²) in [6.07, 6.45) is 0.450. The zero-order chi connectivity index (χ0) is 15.7. The lowest BCUT2D eigenvalue weighted by molar-refractivity contribution is -0.122. The summed E-state index contributed by atoms with van der Waals surface area (Å²) in [5.74, 6) is 0.597. The first-order valence-electron chi connectivity index (χ1n) is 7.32. The number of carbonyl (C=O) groups excluding carboxylic acids is 1. The van der Waals surface area contributed by atoms with Gasteiger partial charge in [0.2, 0.25) is 0 Å². The molecule has 112 valence electrons. The largest absolute Gasteiger partial charge is 0.507 e. The van der Waals surface area contributed by atoms with Crippen LogP contribution >= 0.6 is 0 Å². The molecular weight excluding hydrogens is 248 g/mol. The second-order valence-corrected chi connectivity index (χ2v) is 7.63. The Balaban J connectivity index is 3.23. The smallest absolute Gasteiger partial charge is 0.136 e. The molecule has 2 nitrogen and oxygen atoms in total. The van der Waals surface area contributed by atoms with Gasteiger partial charge in [0, 0.05) is 23.3 Å². The van der Waals surface area contributed by atoms with Crippen LogP contribution in [0.25, 0.3) is 0 Å². The normalized spacial score (nSPS) is 12.8. The van der Waals surface area contributed by atoms with Crippen molar-refractivity contribution in [1.82, 2.24) is 0 Å². The molecule has 2 heteroatoms. The number of phenolic OH excluding ortho intramolecular Hbond substituents is 1. The standard InChI is InChI=1S/C18H28O2/c1-12(2)15(19)11-18(6,7)14-10-8-9-13(16(14)20)17(3,4)5/h8-10,12,20H,11H2,1-7H3. The van der Waals surface area contributed by atoms with Gasteiger partial charge in [-0.2, -0.15) is 0 Å². The summed E-state index contributed by atoms with van der Waals surface area (Å²) in [4.78, 5) is 12.0.